The zero-order valence-corrected chi connectivity index (χ0v) is 8.55. The molecule has 1 aliphatic heterocycles. The van der Waals surface area contributed by atoms with Gasteiger partial charge in [0.2, 0.25) is 5.78 Å². The number of rotatable bonds is 2. The summed E-state index contributed by atoms with van der Waals surface area (Å²) in [7, 11) is 0. The molecule has 1 aliphatic rings. The van der Waals surface area contributed by atoms with E-state index in [1.807, 2.05) is 13.8 Å². The summed E-state index contributed by atoms with van der Waals surface area (Å²) in [5.41, 5.74) is 1.90. The quantitative estimate of drug-likeness (QED) is 0.684. The lowest BCUT2D eigenvalue weighted by atomic mass is 10.0. The maximum atomic E-state index is 11.9. The molecular weight excluding hydrogens is 178 g/mol. The fourth-order valence-electron chi connectivity index (χ4n) is 1.74. The van der Waals surface area contributed by atoms with Crippen LogP contribution >= 0.6 is 0 Å². The van der Waals surface area contributed by atoms with Crippen molar-refractivity contribution in [2.75, 3.05) is 13.1 Å². The molecule has 1 atom stereocenters. The summed E-state index contributed by atoms with van der Waals surface area (Å²) < 4.78 is 0. The molecule has 76 valence electrons. The number of hydrogen-bond donors (Lipinski definition) is 2. The molecule has 1 aromatic rings. The number of aromatic nitrogens is 2. The smallest absolute Gasteiger partial charge is 0.202 e. The first-order valence-corrected chi connectivity index (χ1v) is 4.96. The van der Waals surface area contributed by atoms with Gasteiger partial charge in [-0.3, -0.25) is 4.79 Å². The van der Waals surface area contributed by atoms with Gasteiger partial charge in [-0.05, 0) is 26.8 Å². The van der Waals surface area contributed by atoms with E-state index < -0.39 is 0 Å². The molecule has 0 saturated carbocycles. The van der Waals surface area contributed by atoms with Crippen LogP contribution in [-0.2, 0) is 0 Å². The molecule has 4 nitrogen and oxygen atoms in total. The van der Waals surface area contributed by atoms with E-state index in [1.54, 1.807) is 0 Å². The summed E-state index contributed by atoms with van der Waals surface area (Å²) in [6, 6.07) is 0. The van der Waals surface area contributed by atoms with E-state index in [0.29, 0.717) is 5.82 Å². The van der Waals surface area contributed by atoms with Gasteiger partial charge in [-0.25, -0.2) is 4.98 Å². The van der Waals surface area contributed by atoms with Crippen LogP contribution in [0.4, 0.5) is 0 Å². The number of H-pyrrole nitrogens is 1. The van der Waals surface area contributed by atoms with Gasteiger partial charge in [-0.1, -0.05) is 0 Å². The average molecular weight is 193 g/mol. The molecule has 0 spiro atoms. The number of ketones is 1. The second-order valence-corrected chi connectivity index (χ2v) is 3.85. The number of aromatic amines is 1. The predicted molar refractivity (Wildman–Crippen MR) is 53.4 cm³/mol. The first-order chi connectivity index (χ1) is 6.68. The maximum Gasteiger partial charge on any atom is 0.202 e. The van der Waals surface area contributed by atoms with Gasteiger partial charge in [0, 0.05) is 18.2 Å². The zero-order valence-electron chi connectivity index (χ0n) is 8.55. The Morgan fingerprint density at radius 1 is 1.50 bits per heavy atom. The molecule has 0 aromatic carbocycles. The van der Waals surface area contributed by atoms with E-state index in [0.717, 1.165) is 30.9 Å². The highest BCUT2D eigenvalue weighted by Gasteiger charge is 2.25. The van der Waals surface area contributed by atoms with Crippen molar-refractivity contribution in [3.05, 3.63) is 17.2 Å². The second kappa shape index (κ2) is 3.53. The fourth-order valence-corrected chi connectivity index (χ4v) is 1.74. The third-order valence-corrected chi connectivity index (χ3v) is 2.79. The van der Waals surface area contributed by atoms with Crippen LogP contribution in [-0.4, -0.2) is 28.8 Å². The number of nitrogens with zero attached hydrogens (tertiary/aromatic N) is 1. The summed E-state index contributed by atoms with van der Waals surface area (Å²) in [4.78, 5) is 19.1. The standard InChI is InChI=1S/C10H15N3O/c1-6-7(2)13-10(12-6)9(14)8-3-4-11-5-8/h8,11H,3-5H2,1-2H3,(H,12,13). The molecule has 4 heteroatoms. The Bertz CT molecular complexity index is 331. The largest absolute Gasteiger partial charge is 0.339 e. The molecule has 1 aromatic heterocycles. The number of carbonyl (C=O) groups is 1. The van der Waals surface area contributed by atoms with E-state index in [2.05, 4.69) is 15.3 Å². The van der Waals surface area contributed by atoms with Crippen molar-refractivity contribution in [1.82, 2.24) is 15.3 Å². The van der Waals surface area contributed by atoms with Crippen molar-refractivity contribution in [3.8, 4) is 0 Å². The summed E-state index contributed by atoms with van der Waals surface area (Å²) in [6.07, 6.45) is 0.928. The molecular formula is C10H15N3O. The summed E-state index contributed by atoms with van der Waals surface area (Å²) in [5.74, 6) is 0.778. The lowest BCUT2D eigenvalue weighted by Crippen LogP contribution is -2.19. The van der Waals surface area contributed by atoms with Gasteiger partial charge in [-0.2, -0.15) is 0 Å². The van der Waals surface area contributed by atoms with Crippen LogP contribution < -0.4 is 5.32 Å². The first kappa shape index (κ1) is 9.40. The minimum Gasteiger partial charge on any atom is -0.339 e. The van der Waals surface area contributed by atoms with Crippen molar-refractivity contribution in [2.45, 2.75) is 20.3 Å². The molecule has 0 amide bonds. The van der Waals surface area contributed by atoms with Crippen LogP contribution in [0.3, 0.4) is 0 Å². The Morgan fingerprint density at radius 3 is 2.79 bits per heavy atom. The molecule has 2 rings (SSSR count). The van der Waals surface area contributed by atoms with Crippen molar-refractivity contribution in [3.63, 3.8) is 0 Å². The van der Waals surface area contributed by atoms with Crippen molar-refractivity contribution >= 4 is 5.78 Å². The Balaban J connectivity index is 2.18. The minimum absolute atomic E-state index is 0.111. The maximum absolute atomic E-state index is 11.9. The average Bonchev–Trinajstić information content (AvgIpc) is 2.76. The van der Waals surface area contributed by atoms with Gasteiger partial charge >= 0.3 is 0 Å². The van der Waals surface area contributed by atoms with Crippen LogP contribution in [0.15, 0.2) is 0 Å². The molecule has 0 bridgehead atoms. The topological polar surface area (TPSA) is 57.8 Å². The lowest BCUT2D eigenvalue weighted by molar-refractivity contribution is 0.0920. The number of nitrogens with one attached hydrogen (secondary N) is 2. The third kappa shape index (κ3) is 1.57. The minimum atomic E-state index is 0.111. The Labute approximate surface area is 83.1 Å². The molecule has 1 fully saturated rings. The van der Waals surface area contributed by atoms with Crippen LogP contribution in [0.5, 0.6) is 0 Å². The highest BCUT2D eigenvalue weighted by atomic mass is 16.1. The monoisotopic (exact) mass is 193 g/mol. The van der Waals surface area contributed by atoms with Gasteiger partial charge in [-0.15, -0.1) is 0 Å². The van der Waals surface area contributed by atoms with Crippen molar-refractivity contribution in [1.29, 1.82) is 0 Å². The first-order valence-electron chi connectivity index (χ1n) is 4.96. The van der Waals surface area contributed by atoms with E-state index in [9.17, 15) is 4.79 Å². The number of hydrogen-bond acceptors (Lipinski definition) is 3. The molecule has 0 radical (unpaired) electrons. The molecule has 14 heavy (non-hydrogen) atoms. The molecule has 1 saturated heterocycles. The number of imidazole rings is 1. The third-order valence-electron chi connectivity index (χ3n) is 2.79. The molecule has 2 N–H and O–H groups in total. The van der Waals surface area contributed by atoms with Crippen LogP contribution in [0, 0.1) is 19.8 Å². The number of aryl methyl sites for hydroxylation is 2. The van der Waals surface area contributed by atoms with Gasteiger partial charge in [0.1, 0.15) is 0 Å². The summed E-state index contributed by atoms with van der Waals surface area (Å²) in [6.45, 7) is 5.58. The highest BCUT2D eigenvalue weighted by Crippen LogP contribution is 2.14. The number of carbonyl (C=O) groups excluding carboxylic acids is 1. The fraction of sp³-hybridized carbons (Fsp3) is 0.600. The summed E-state index contributed by atoms with van der Waals surface area (Å²) in [5, 5.41) is 3.18. The Morgan fingerprint density at radius 2 is 2.29 bits per heavy atom. The van der Waals surface area contributed by atoms with E-state index in [4.69, 9.17) is 0 Å². The van der Waals surface area contributed by atoms with Gasteiger partial charge in [0.15, 0.2) is 5.82 Å². The van der Waals surface area contributed by atoms with E-state index in [1.165, 1.54) is 0 Å². The van der Waals surface area contributed by atoms with Gasteiger partial charge in [0.05, 0.1) is 5.69 Å². The normalized spacial score (nSPS) is 21.4. The van der Waals surface area contributed by atoms with Gasteiger partial charge < -0.3 is 10.3 Å². The Hall–Kier alpha value is -1.16. The van der Waals surface area contributed by atoms with E-state index >= 15 is 0 Å². The Kier molecular flexibility index (Phi) is 2.37. The van der Waals surface area contributed by atoms with Gasteiger partial charge in [0.25, 0.3) is 0 Å². The number of Topliss-reactive ketones (excluding diaryl/α,β-unsaturated/α-hetero) is 1. The zero-order chi connectivity index (χ0) is 10.1. The molecule has 1 unspecified atom stereocenters. The van der Waals surface area contributed by atoms with Crippen LogP contribution in [0.2, 0.25) is 0 Å². The van der Waals surface area contributed by atoms with Crippen molar-refractivity contribution < 1.29 is 4.79 Å². The van der Waals surface area contributed by atoms with Crippen LogP contribution in [0.25, 0.3) is 0 Å². The van der Waals surface area contributed by atoms with Crippen molar-refractivity contribution in [2.24, 2.45) is 5.92 Å². The predicted octanol–water partition coefficient (Wildman–Crippen LogP) is 0.819. The SMILES string of the molecule is Cc1nc(C(=O)C2CCNC2)[nH]c1C. The summed E-state index contributed by atoms with van der Waals surface area (Å²) >= 11 is 0. The highest BCUT2D eigenvalue weighted by molar-refractivity contribution is 5.95. The van der Waals surface area contributed by atoms with E-state index in [-0.39, 0.29) is 11.7 Å². The molecule has 0 aliphatic carbocycles. The lowest BCUT2D eigenvalue weighted by Gasteiger charge is -2.02. The molecule has 2 heterocycles. The second-order valence-electron chi connectivity index (χ2n) is 3.85. The van der Waals surface area contributed by atoms with Crippen LogP contribution in [0.1, 0.15) is 28.4 Å².